The average molecular weight is 292 g/mol. The van der Waals surface area contributed by atoms with Gasteiger partial charge in [0.25, 0.3) is 0 Å². The van der Waals surface area contributed by atoms with Crippen LogP contribution in [0.25, 0.3) is 0 Å². The Morgan fingerprint density at radius 2 is 1.68 bits per heavy atom. The van der Waals surface area contributed by atoms with Crippen LogP contribution in [0.5, 0.6) is 0 Å². The van der Waals surface area contributed by atoms with Crippen LogP contribution in [0, 0.1) is 0 Å². The van der Waals surface area contributed by atoms with Gasteiger partial charge in [0.1, 0.15) is 0 Å². The Bertz CT molecular complexity index is 548. The molecule has 0 radical (unpaired) electrons. The lowest BCUT2D eigenvalue weighted by atomic mass is 10.1. The van der Waals surface area contributed by atoms with Crippen molar-refractivity contribution in [3.05, 3.63) is 69.7 Å². The lowest BCUT2D eigenvalue weighted by molar-refractivity contribution is 0.673. The summed E-state index contributed by atoms with van der Waals surface area (Å²) in [6.07, 6.45) is 1.21. The number of halogens is 2. The lowest BCUT2D eigenvalue weighted by Gasteiger charge is -2.06. The van der Waals surface area contributed by atoms with Gasteiger partial charge in [0.05, 0.1) is 0 Å². The molecule has 1 aliphatic rings. The van der Waals surface area contributed by atoms with Crippen LogP contribution in [-0.2, 0) is 6.54 Å². The highest BCUT2D eigenvalue weighted by molar-refractivity contribution is 6.34. The molecule has 98 valence electrons. The van der Waals surface area contributed by atoms with E-state index in [1.165, 1.54) is 12.0 Å². The normalized spacial score (nSPS) is 21.4. The minimum Gasteiger partial charge on any atom is -0.309 e. The van der Waals surface area contributed by atoms with Crippen molar-refractivity contribution >= 4 is 23.2 Å². The van der Waals surface area contributed by atoms with Crippen molar-refractivity contribution in [3.63, 3.8) is 0 Å². The SMILES string of the molecule is Clc1cc(Cl)cc(CNC2CC2c2ccccc2)c1. The molecular weight excluding hydrogens is 277 g/mol. The van der Waals surface area contributed by atoms with Crippen molar-refractivity contribution in [2.75, 3.05) is 0 Å². The van der Waals surface area contributed by atoms with Gasteiger partial charge < -0.3 is 5.32 Å². The van der Waals surface area contributed by atoms with Gasteiger partial charge in [-0.2, -0.15) is 0 Å². The van der Waals surface area contributed by atoms with Crippen LogP contribution in [-0.4, -0.2) is 6.04 Å². The average Bonchev–Trinajstić information content (AvgIpc) is 3.16. The highest BCUT2D eigenvalue weighted by atomic mass is 35.5. The molecule has 1 N–H and O–H groups in total. The van der Waals surface area contributed by atoms with Crippen LogP contribution < -0.4 is 5.32 Å². The van der Waals surface area contributed by atoms with Crippen molar-refractivity contribution in [2.45, 2.75) is 24.9 Å². The van der Waals surface area contributed by atoms with Gasteiger partial charge in [-0.15, -0.1) is 0 Å². The summed E-state index contributed by atoms with van der Waals surface area (Å²) < 4.78 is 0. The van der Waals surface area contributed by atoms with E-state index in [1.807, 2.05) is 12.1 Å². The monoisotopic (exact) mass is 291 g/mol. The standard InChI is InChI=1S/C16H15Cl2N/c17-13-6-11(7-14(18)8-13)10-19-16-9-15(16)12-4-2-1-3-5-12/h1-8,15-16,19H,9-10H2. The molecule has 0 spiro atoms. The Hall–Kier alpha value is -1.02. The van der Waals surface area contributed by atoms with Gasteiger partial charge in [-0.1, -0.05) is 53.5 Å². The van der Waals surface area contributed by atoms with Gasteiger partial charge in [-0.05, 0) is 35.7 Å². The molecule has 0 aliphatic heterocycles. The minimum absolute atomic E-state index is 0.570. The highest BCUT2D eigenvalue weighted by Crippen LogP contribution is 2.40. The zero-order valence-electron chi connectivity index (χ0n) is 10.4. The van der Waals surface area contributed by atoms with E-state index < -0.39 is 0 Å². The second-order valence-corrected chi connectivity index (χ2v) is 5.89. The fourth-order valence-electron chi connectivity index (χ4n) is 2.45. The third kappa shape index (κ3) is 3.30. The summed E-state index contributed by atoms with van der Waals surface area (Å²) in [6, 6.07) is 16.9. The minimum atomic E-state index is 0.570. The van der Waals surface area contributed by atoms with Crippen molar-refractivity contribution in [2.24, 2.45) is 0 Å². The molecule has 0 amide bonds. The van der Waals surface area contributed by atoms with E-state index in [0.29, 0.717) is 22.0 Å². The molecule has 1 nitrogen and oxygen atoms in total. The largest absolute Gasteiger partial charge is 0.309 e. The van der Waals surface area contributed by atoms with E-state index in [9.17, 15) is 0 Å². The maximum absolute atomic E-state index is 5.99. The Labute approximate surface area is 123 Å². The van der Waals surface area contributed by atoms with Crippen molar-refractivity contribution < 1.29 is 0 Å². The van der Waals surface area contributed by atoms with Crippen LogP contribution in [0.2, 0.25) is 10.0 Å². The van der Waals surface area contributed by atoms with Crippen molar-refractivity contribution in [1.29, 1.82) is 0 Å². The van der Waals surface area contributed by atoms with E-state index in [0.717, 1.165) is 12.1 Å². The summed E-state index contributed by atoms with van der Waals surface area (Å²) in [5.74, 6) is 0.649. The van der Waals surface area contributed by atoms with Crippen molar-refractivity contribution in [1.82, 2.24) is 5.32 Å². The van der Waals surface area contributed by atoms with Gasteiger partial charge in [-0.25, -0.2) is 0 Å². The smallest absolute Gasteiger partial charge is 0.0424 e. The Kier molecular flexibility index (Phi) is 3.79. The second kappa shape index (κ2) is 5.54. The number of benzene rings is 2. The van der Waals surface area contributed by atoms with Gasteiger partial charge in [-0.3, -0.25) is 0 Å². The first-order chi connectivity index (χ1) is 9.22. The Balaban J connectivity index is 1.57. The first-order valence-corrected chi connectivity index (χ1v) is 7.21. The molecule has 2 atom stereocenters. The van der Waals surface area contributed by atoms with E-state index in [2.05, 4.69) is 35.6 Å². The third-order valence-electron chi connectivity index (χ3n) is 3.51. The fourth-order valence-corrected chi connectivity index (χ4v) is 3.02. The second-order valence-electron chi connectivity index (χ2n) is 5.02. The van der Waals surface area contributed by atoms with Crippen LogP contribution in [0.1, 0.15) is 23.5 Å². The maximum atomic E-state index is 5.99. The van der Waals surface area contributed by atoms with Gasteiger partial charge >= 0.3 is 0 Å². The number of rotatable bonds is 4. The van der Waals surface area contributed by atoms with E-state index in [1.54, 1.807) is 6.07 Å². The molecule has 3 rings (SSSR count). The van der Waals surface area contributed by atoms with E-state index >= 15 is 0 Å². The molecule has 1 fully saturated rings. The predicted molar refractivity (Wildman–Crippen MR) is 80.9 cm³/mol. The Morgan fingerprint density at radius 3 is 2.37 bits per heavy atom. The molecule has 2 aromatic rings. The molecule has 2 unspecified atom stereocenters. The quantitative estimate of drug-likeness (QED) is 0.865. The summed E-state index contributed by atoms with van der Waals surface area (Å²) in [5.41, 5.74) is 2.56. The summed E-state index contributed by atoms with van der Waals surface area (Å²) in [5, 5.41) is 4.95. The number of hydrogen-bond donors (Lipinski definition) is 1. The highest BCUT2D eigenvalue weighted by Gasteiger charge is 2.37. The first-order valence-electron chi connectivity index (χ1n) is 6.45. The Morgan fingerprint density at radius 1 is 1.00 bits per heavy atom. The third-order valence-corrected chi connectivity index (χ3v) is 3.95. The molecule has 0 aromatic heterocycles. The van der Waals surface area contributed by atoms with E-state index in [4.69, 9.17) is 23.2 Å². The van der Waals surface area contributed by atoms with E-state index in [-0.39, 0.29) is 0 Å². The van der Waals surface area contributed by atoms with Crippen LogP contribution in [0.15, 0.2) is 48.5 Å². The lowest BCUT2D eigenvalue weighted by Crippen LogP contribution is -2.17. The molecular formula is C16H15Cl2N. The van der Waals surface area contributed by atoms with Crippen LogP contribution >= 0.6 is 23.2 Å². The summed E-state index contributed by atoms with van der Waals surface area (Å²) in [4.78, 5) is 0. The molecule has 2 aromatic carbocycles. The molecule has 3 heteroatoms. The topological polar surface area (TPSA) is 12.0 Å². The molecule has 0 bridgehead atoms. The molecule has 19 heavy (non-hydrogen) atoms. The number of hydrogen-bond acceptors (Lipinski definition) is 1. The van der Waals surface area contributed by atoms with Crippen molar-refractivity contribution in [3.8, 4) is 0 Å². The molecule has 1 aliphatic carbocycles. The fraction of sp³-hybridized carbons (Fsp3) is 0.250. The zero-order chi connectivity index (χ0) is 13.2. The first kappa shape index (κ1) is 13.0. The summed E-state index contributed by atoms with van der Waals surface area (Å²) >= 11 is 12.0. The molecule has 0 heterocycles. The summed E-state index contributed by atoms with van der Waals surface area (Å²) in [7, 11) is 0. The van der Waals surface area contributed by atoms with Gasteiger partial charge in [0.2, 0.25) is 0 Å². The predicted octanol–water partition coefficient (Wildman–Crippen LogP) is 4.64. The maximum Gasteiger partial charge on any atom is 0.0424 e. The van der Waals surface area contributed by atoms with Gasteiger partial charge in [0, 0.05) is 28.5 Å². The van der Waals surface area contributed by atoms with Crippen LogP contribution in [0.3, 0.4) is 0 Å². The van der Waals surface area contributed by atoms with Gasteiger partial charge in [0.15, 0.2) is 0 Å². The number of nitrogens with one attached hydrogen (secondary N) is 1. The molecule has 1 saturated carbocycles. The summed E-state index contributed by atoms with van der Waals surface area (Å²) in [6.45, 7) is 0.814. The molecule has 0 saturated heterocycles. The van der Waals surface area contributed by atoms with Crippen LogP contribution in [0.4, 0.5) is 0 Å². The zero-order valence-corrected chi connectivity index (χ0v) is 12.0.